The molecule has 2 unspecified atom stereocenters. The van der Waals surface area contributed by atoms with Crippen molar-refractivity contribution in [3.8, 4) is 0 Å². The minimum Gasteiger partial charge on any atom is -0.376 e. The zero-order valence-corrected chi connectivity index (χ0v) is 12.1. The fourth-order valence-electron chi connectivity index (χ4n) is 2.66. The van der Waals surface area contributed by atoms with Crippen LogP contribution in [0.1, 0.15) is 30.5 Å². The van der Waals surface area contributed by atoms with Gasteiger partial charge in [-0.3, -0.25) is 4.90 Å². The number of alkyl halides is 3. The highest BCUT2D eigenvalue weighted by Gasteiger charge is 2.31. The van der Waals surface area contributed by atoms with Crippen molar-refractivity contribution in [1.29, 1.82) is 0 Å². The maximum absolute atomic E-state index is 12.6. The molecule has 1 aromatic rings. The van der Waals surface area contributed by atoms with Gasteiger partial charge in [-0.25, -0.2) is 0 Å². The first kappa shape index (κ1) is 16.3. The van der Waals surface area contributed by atoms with E-state index in [9.17, 15) is 13.2 Å². The Bertz CT molecular complexity index is 447. The third-order valence-corrected chi connectivity index (χ3v) is 3.91. The number of morpholine rings is 1. The predicted octanol–water partition coefficient (Wildman–Crippen LogP) is 2.82. The lowest BCUT2D eigenvalue weighted by Crippen LogP contribution is -2.46. The van der Waals surface area contributed by atoms with Crippen LogP contribution in [0.25, 0.3) is 0 Å². The molecule has 2 rings (SSSR count). The summed E-state index contributed by atoms with van der Waals surface area (Å²) in [6.07, 6.45) is -3.22. The average molecular weight is 302 g/mol. The van der Waals surface area contributed by atoms with E-state index < -0.39 is 11.7 Å². The Labute approximate surface area is 122 Å². The molecular weight excluding hydrogens is 281 g/mol. The summed E-state index contributed by atoms with van der Waals surface area (Å²) in [5, 5.41) is 0. The molecule has 0 bridgehead atoms. The SMILES string of the molecule is CCC1CN(C(CN)c2ccc(C(F)(F)F)cc2)CCO1. The number of ether oxygens (including phenoxy) is 1. The van der Waals surface area contributed by atoms with Gasteiger partial charge in [-0.05, 0) is 24.1 Å². The Balaban J connectivity index is 2.13. The van der Waals surface area contributed by atoms with Crippen molar-refractivity contribution in [3.63, 3.8) is 0 Å². The fourth-order valence-corrected chi connectivity index (χ4v) is 2.66. The van der Waals surface area contributed by atoms with Gasteiger partial charge in [0, 0.05) is 25.7 Å². The molecule has 2 atom stereocenters. The molecule has 0 spiro atoms. The molecule has 1 saturated heterocycles. The van der Waals surface area contributed by atoms with Crippen LogP contribution in [0.2, 0.25) is 0 Å². The van der Waals surface area contributed by atoms with Gasteiger partial charge in [0.15, 0.2) is 0 Å². The van der Waals surface area contributed by atoms with E-state index in [1.54, 1.807) is 0 Å². The van der Waals surface area contributed by atoms with Crippen molar-refractivity contribution in [2.24, 2.45) is 5.73 Å². The van der Waals surface area contributed by atoms with Crippen LogP contribution in [0.3, 0.4) is 0 Å². The zero-order valence-electron chi connectivity index (χ0n) is 12.1. The smallest absolute Gasteiger partial charge is 0.376 e. The van der Waals surface area contributed by atoms with Crippen LogP contribution in [-0.4, -0.2) is 37.2 Å². The van der Waals surface area contributed by atoms with Crippen molar-refractivity contribution in [2.75, 3.05) is 26.2 Å². The number of hydrogen-bond donors (Lipinski definition) is 1. The van der Waals surface area contributed by atoms with Gasteiger partial charge in [0.1, 0.15) is 0 Å². The molecule has 21 heavy (non-hydrogen) atoms. The lowest BCUT2D eigenvalue weighted by atomic mass is 10.0. The molecule has 6 heteroatoms. The van der Waals surface area contributed by atoms with E-state index in [0.29, 0.717) is 13.2 Å². The first-order chi connectivity index (χ1) is 9.95. The number of benzene rings is 1. The van der Waals surface area contributed by atoms with Crippen LogP contribution in [-0.2, 0) is 10.9 Å². The molecule has 0 amide bonds. The molecule has 2 N–H and O–H groups in total. The lowest BCUT2D eigenvalue weighted by molar-refractivity contribution is -0.137. The quantitative estimate of drug-likeness (QED) is 0.929. The lowest BCUT2D eigenvalue weighted by Gasteiger charge is -2.38. The van der Waals surface area contributed by atoms with Gasteiger partial charge >= 0.3 is 6.18 Å². The van der Waals surface area contributed by atoms with Gasteiger partial charge in [0.05, 0.1) is 18.3 Å². The van der Waals surface area contributed by atoms with E-state index in [2.05, 4.69) is 11.8 Å². The normalized spacial score (nSPS) is 22.2. The second-order valence-corrected chi connectivity index (χ2v) is 5.27. The highest BCUT2D eigenvalue weighted by Crippen LogP contribution is 2.31. The molecule has 0 aromatic heterocycles. The molecule has 1 aliphatic heterocycles. The zero-order chi connectivity index (χ0) is 15.5. The first-order valence-corrected chi connectivity index (χ1v) is 7.18. The molecule has 0 radical (unpaired) electrons. The van der Waals surface area contributed by atoms with E-state index >= 15 is 0 Å². The first-order valence-electron chi connectivity index (χ1n) is 7.18. The van der Waals surface area contributed by atoms with Crippen molar-refractivity contribution >= 4 is 0 Å². The largest absolute Gasteiger partial charge is 0.416 e. The van der Waals surface area contributed by atoms with E-state index in [1.807, 2.05) is 0 Å². The molecule has 0 saturated carbocycles. The summed E-state index contributed by atoms with van der Waals surface area (Å²) in [5.74, 6) is 0. The van der Waals surface area contributed by atoms with Gasteiger partial charge in [-0.15, -0.1) is 0 Å². The Kier molecular flexibility index (Phi) is 5.24. The summed E-state index contributed by atoms with van der Waals surface area (Å²) in [7, 11) is 0. The third kappa shape index (κ3) is 3.96. The van der Waals surface area contributed by atoms with Crippen molar-refractivity contribution in [3.05, 3.63) is 35.4 Å². The topological polar surface area (TPSA) is 38.5 Å². The Morgan fingerprint density at radius 3 is 2.52 bits per heavy atom. The monoisotopic (exact) mass is 302 g/mol. The molecule has 1 fully saturated rings. The van der Waals surface area contributed by atoms with E-state index in [-0.39, 0.29) is 12.1 Å². The van der Waals surface area contributed by atoms with Crippen molar-refractivity contribution in [1.82, 2.24) is 4.90 Å². The average Bonchev–Trinajstić information content (AvgIpc) is 2.48. The second-order valence-electron chi connectivity index (χ2n) is 5.27. The minimum absolute atomic E-state index is 0.0646. The van der Waals surface area contributed by atoms with Crippen LogP contribution < -0.4 is 5.73 Å². The third-order valence-electron chi connectivity index (χ3n) is 3.91. The van der Waals surface area contributed by atoms with Crippen molar-refractivity contribution < 1.29 is 17.9 Å². The number of hydrogen-bond acceptors (Lipinski definition) is 3. The van der Waals surface area contributed by atoms with Crippen molar-refractivity contribution in [2.45, 2.75) is 31.7 Å². The Hall–Kier alpha value is -1.11. The Morgan fingerprint density at radius 2 is 2.00 bits per heavy atom. The molecule has 118 valence electrons. The highest BCUT2D eigenvalue weighted by molar-refractivity contribution is 5.27. The number of rotatable bonds is 4. The number of halogens is 3. The maximum Gasteiger partial charge on any atom is 0.416 e. The fraction of sp³-hybridized carbons (Fsp3) is 0.600. The molecule has 1 aliphatic rings. The highest BCUT2D eigenvalue weighted by atomic mass is 19.4. The second kappa shape index (κ2) is 6.77. The summed E-state index contributed by atoms with van der Waals surface area (Å²) in [6, 6.07) is 5.23. The van der Waals surface area contributed by atoms with Crippen LogP contribution >= 0.6 is 0 Å². The summed E-state index contributed by atoms with van der Waals surface area (Å²) < 4.78 is 43.4. The van der Waals surface area contributed by atoms with Crippen LogP contribution in [0, 0.1) is 0 Å². The van der Waals surface area contributed by atoms with Gasteiger partial charge < -0.3 is 10.5 Å². The van der Waals surface area contributed by atoms with Crippen LogP contribution in [0.5, 0.6) is 0 Å². The maximum atomic E-state index is 12.6. The van der Waals surface area contributed by atoms with E-state index in [4.69, 9.17) is 10.5 Å². The van der Waals surface area contributed by atoms with E-state index in [0.717, 1.165) is 37.2 Å². The standard InChI is InChI=1S/C15H21F3N2O/c1-2-13-10-20(7-8-21-13)14(9-19)11-3-5-12(6-4-11)15(16,17)18/h3-6,13-14H,2,7-10,19H2,1H3. The summed E-state index contributed by atoms with van der Waals surface area (Å²) >= 11 is 0. The Morgan fingerprint density at radius 1 is 1.33 bits per heavy atom. The van der Waals surface area contributed by atoms with Gasteiger partial charge in [-0.2, -0.15) is 13.2 Å². The molecule has 1 aromatic carbocycles. The number of nitrogens with two attached hydrogens (primary N) is 1. The summed E-state index contributed by atoms with van der Waals surface area (Å²) in [4.78, 5) is 2.19. The summed E-state index contributed by atoms with van der Waals surface area (Å²) in [6.45, 7) is 4.58. The van der Waals surface area contributed by atoms with Gasteiger partial charge in [0.25, 0.3) is 0 Å². The van der Waals surface area contributed by atoms with Gasteiger partial charge in [0.2, 0.25) is 0 Å². The van der Waals surface area contributed by atoms with Crippen LogP contribution in [0.4, 0.5) is 13.2 Å². The summed E-state index contributed by atoms with van der Waals surface area (Å²) in [5.41, 5.74) is 6.03. The molecule has 1 heterocycles. The number of nitrogens with zero attached hydrogens (tertiary/aromatic N) is 1. The van der Waals surface area contributed by atoms with E-state index in [1.165, 1.54) is 12.1 Å². The van der Waals surface area contributed by atoms with Gasteiger partial charge in [-0.1, -0.05) is 19.1 Å². The molecule has 3 nitrogen and oxygen atoms in total. The molecular formula is C15H21F3N2O. The minimum atomic E-state index is -4.30. The van der Waals surface area contributed by atoms with Crippen LogP contribution in [0.15, 0.2) is 24.3 Å². The predicted molar refractivity (Wildman–Crippen MR) is 74.8 cm³/mol. The molecule has 0 aliphatic carbocycles.